The van der Waals surface area contributed by atoms with Crippen molar-refractivity contribution in [2.24, 2.45) is 11.8 Å². The predicted octanol–water partition coefficient (Wildman–Crippen LogP) is 6.86. The number of fused-ring (bicyclic) bond motifs is 3. The molecule has 2 aliphatic rings. The average molecular weight is 429 g/mol. The van der Waals surface area contributed by atoms with Gasteiger partial charge in [0.1, 0.15) is 6.61 Å². The largest absolute Gasteiger partial charge is 0.491 e. The highest BCUT2D eigenvalue weighted by Crippen LogP contribution is 2.47. The number of aryl methyl sites for hydroxylation is 1. The first-order valence-corrected chi connectivity index (χ1v) is 11.2. The van der Waals surface area contributed by atoms with E-state index in [2.05, 4.69) is 6.58 Å². The molecule has 1 fully saturated rings. The highest BCUT2D eigenvalue weighted by atomic mass is 19.1. The van der Waals surface area contributed by atoms with Gasteiger partial charge in [-0.2, -0.15) is 4.39 Å². The molecule has 0 N–H and O–H groups in total. The first-order chi connectivity index (χ1) is 15.1. The van der Waals surface area contributed by atoms with E-state index in [4.69, 9.17) is 14.2 Å². The zero-order valence-electron chi connectivity index (χ0n) is 18.3. The Hall–Kier alpha value is -2.56. The van der Waals surface area contributed by atoms with Gasteiger partial charge in [-0.3, -0.25) is 0 Å². The van der Waals surface area contributed by atoms with E-state index < -0.39 is 11.6 Å². The maximum Gasteiger partial charge on any atom is 0.207 e. The third kappa shape index (κ3) is 4.15. The van der Waals surface area contributed by atoms with E-state index in [0.29, 0.717) is 48.2 Å². The molecule has 0 bridgehead atoms. The normalized spacial score (nSPS) is 19.7. The van der Waals surface area contributed by atoms with Crippen LogP contribution >= 0.6 is 0 Å². The molecule has 1 aliphatic carbocycles. The van der Waals surface area contributed by atoms with Crippen molar-refractivity contribution in [3.63, 3.8) is 0 Å². The zero-order valence-corrected chi connectivity index (χ0v) is 18.3. The summed E-state index contributed by atoms with van der Waals surface area (Å²) < 4.78 is 47.3. The van der Waals surface area contributed by atoms with Gasteiger partial charge in [-0.1, -0.05) is 13.0 Å². The van der Waals surface area contributed by atoms with E-state index in [1.807, 2.05) is 19.9 Å². The Labute approximate surface area is 183 Å². The van der Waals surface area contributed by atoms with Gasteiger partial charge >= 0.3 is 0 Å². The highest BCUT2D eigenvalue weighted by Gasteiger charge is 2.30. The third-order valence-electron chi connectivity index (χ3n) is 6.49. The Morgan fingerprint density at radius 1 is 1.06 bits per heavy atom. The van der Waals surface area contributed by atoms with Crippen LogP contribution in [0.5, 0.6) is 17.2 Å². The monoisotopic (exact) mass is 428 g/mol. The number of hydrogen-bond donors (Lipinski definition) is 0. The number of benzene rings is 2. The van der Waals surface area contributed by atoms with Crippen LogP contribution in [0.2, 0.25) is 0 Å². The van der Waals surface area contributed by atoms with Crippen molar-refractivity contribution < 1.29 is 23.0 Å². The molecule has 1 heterocycles. The molecule has 0 amide bonds. The number of hydrogen-bond acceptors (Lipinski definition) is 3. The summed E-state index contributed by atoms with van der Waals surface area (Å²) in [7, 11) is 0. The van der Waals surface area contributed by atoms with E-state index >= 15 is 4.39 Å². The van der Waals surface area contributed by atoms with Gasteiger partial charge in [0.2, 0.25) is 5.82 Å². The first kappa shape index (κ1) is 21.7. The molecule has 1 aliphatic heterocycles. The Bertz CT molecular complexity index is 962. The average Bonchev–Trinajstić information content (AvgIpc) is 2.80. The molecule has 3 nitrogen and oxygen atoms in total. The summed E-state index contributed by atoms with van der Waals surface area (Å²) in [6.07, 6.45) is 7.04. The van der Waals surface area contributed by atoms with Crippen LogP contribution in [0.25, 0.3) is 11.1 Å². The van der Waals surface area contributed by atoms with Gasteiger partial charge < -0.3 is 14.2 Å². The predicted molar refractivity (Wildman–Crippen MR) is 118 cm³/mol. The number of allylic oxidation sites excluding steroid dienone is 1. The van der Waals surface area contributed by atoms with Crippen molar-refractivity contribution in [2.75, 3.05) is 13.2 Å². The van der Waals surface area contributed by atoms with Gasteiger partial charge in [0, 0.05) is 11.1 Å². The van der Waals surface area contributed by atoms with E-state index in [9.17, 15) is 4.39 Å². The standard InChI is InChI=1S/C26H30F2O3/c1-4-16-7-9-17(10-8-16)14-30-22-13-18(5-2)23-19-11-12-21(29-6-3)24(27)20(19)15-31-26(23)25(22)28/h4,11-13,16-17H,1,5-10,14-15H2,2-3H3. The summed E-state index contributed by atoms with van der Waals surface area (Å²) in [6.45, 7) is 8.51. The molecule has 0 atom stereocenters. The maximum absolute atomic E-state index is 15.4. The van der Waals surface area contributed by atoms with E-state index in [0.717, 1.165) is 31.2 Å². The molecular formula is C26H30F2O3. The van der Waals surface area contributed by atoms with Crippen molar-refractivity contribution in [1.29, 1.82) is 0 Å². The van der Waals surface area contributed by atoms with E-state index in [1.165, 1.54) is 0 Å². The summed E-state index contributed by atoms with van der Waals surface area (Å²) in [5.41, 5.74) is 2.56. The molecule has 5 heteroatoms. The van der Waals surface area contributed by atoms with Crippen molar-refractivity contribution in [2.45, 2.75) is 52.6 Å². The lowest BCUT2D eigenvalue weighted by Gasteiger charge is -2.28. The van der Waals surface area contributed by atoms with Gasteiger partial charge in [-0.25, -0.2) is 4.39 Å². The molecule has 0 unspecified atom stereocenters. The first-order valence-electron chi connectivity index (χ1n) is 11.2. The highest BCUT2D eigenvalue weighted by molar-refractivity contribution is 5.80. The van der Waals surface area contributed by atoms with Crippen molar-refractivity contribution in [1.82, 2.24) is 0 Å². The van der Waals surface area contributed by atoms with Gasteiger partial charge in [-0.15, -0.1) is 6.58 Å². The van der Waals surface area contributed by atoms with Gasteiger partial charge in [0.15, 0.2) is 23.1 Å². The van der Waals surface area contributed by atoms with Crippen LogP contribution in [0.1, 0.15) is 50.7 Å². The molecule has 31 heavy (non-hydrogen) atoms. The van der Waals surface area contributed by atoms with Crippen molar-refractivity contribution in [3.05, 3.63) is 53.6 Å². The number of ether oxygens (including phenoxy) is 3. The van der Waals surface area contributed by atoms with Crippen LogP contribution < -0.4 is 14.2 Å². The van der Waals surface area contributed by atoms with Crippen molar-refractivity contribution in [3.8, 4) is 28.4 Å². The van der Waals surface area contributed by atoms with E-state index in [-0.39, 0.29) is 23.9 Å². The molecule has 0 radical (unpaired) electrons. The fourth-order valence-corrected chi connectivity index (χ4v) is 4.66. The lowest BCUT2D eigenvalue weighted by Crippen LogP contribution is -2.20. The fraction of sp³-hybridized carbons (Fsp3) is 0.462. The van der Waals surface area contributed by atoms with E-state index in [1.54, 1.807) is 18.2 Å². The molecular weight excluding hydrogens is 398 g/mol. The Kier molecular flexibility index (Phi) is 6.49. The minimum absolute atomic E-state index is 0.0375. The third-order valence-corrected chi connectivity index (χ3v) is 6.49. The van der Waals surface area contributed by atoms with Crippen LogP contribution in [0.3, 0.4) is 0 Å². The lowest BCUT2D eigenvalue weighted by molar-refractivity contribution is 0.186. The fourth-order valence-electron chi connectivity index (χ4n) is 4.66. The quantitative estimate of drug-likeness (QED) is 0.451. The second kappa shape index (κ2) is 9.29. The smallest absolute Gasteiger partial charge is 0.207 e. The number of halogens is 2. The van der Waals surface area contributed by atoms with Gasteiger partial charge in [0.05, 0.1) is 13.2 Å². The topological polar surface area (TPSA) is 27.7 Å². The Balaban J connectivity index is 1.62. The molecule has 0 spiro atoms. The molecule has 0 saturated heterocycles. The summed E-state index contributed by atoms with van der Waals surface area (Å²) in [4.78, 5) is 0. The summed E-state index contributed by atoms with van der Waals surface area (Å²) >= 11 is 0. The molecule has 2 aromatic carbocycles. The second-order valence-electron chi connectivity index (χ2n) is 8.36. The minimum Gasteiger partial charge on any atom is -0.491 e. The number of rotatable bonds is 7. The van der Waals surface area contributed by atoms with Crippen LogP contribution in [0, 0.1) is 23.5 Å². The molecule has 0 aromatic heterocycles. The van der Waals surface area contributed by atoms with Crippen LogP contribution in [0.4, 0.5) is 8.78 Å². The minimum atomic E-state index is -0.507. The summed E-state index contributed by atoms with van der Waals surface area (Å²) in [6, 6.07) is 5.15. The van der Waals surface area contributed by atoms with Gasteiger partial charge in [-0.05, 0) is 80.2 Å². The summed E-state index contributed by atoms with van der Waals surface area (Å²) in [5.74, 6) is 0.620. The zero-order chi connectivity index (χ0) is 22.0. The van der Waals surface area contributed by atoms with Crippen LogP contribution in [-0.2, 0) is 13.0 Å². The maximum atomic E-state index is 15.4. The molecule has 4 rings (SSSR count). The van der Waals surface area contributed by atoms with Gasteiger partial charge in [0.25, 0.3) is 0 Å². The lowest BCUT2D eigenvalue weighted by atomic mass is 9.82. The van der Waals surface area contributed by atoms with Crippen LogP contribution in [-0.4, -0.2) is 13.2 Å². The van der Waals surface area contributed by atoms with Crippen molar-refractivity contribution >= 4 is 0 Å². The Morgan fingerprint density at radius 3 is 2.52 bits per heavy atom. The summed E-state index contributed by atoms with van der Waals surface area (Å²) in [5, 5.41) is 0. The molecule has 166 valence electrons. The van der Waals surface area contributed by atoms with Crippen LogP contribution in [0.15, 0.2) is 30.9 Å². The molecule has 2 aromatic rings. The second-order valence-corrected chi connectivity index (χ2v) is 8.36. The molecule has 1 saturated carbocycles. The SMILES string of the molecule is C=CC1CCC(COc2cc(CC)c3c(c2F)OCc2c-3ccc(OCC)c2F)CC1. The Morgan fingerprint density at radius 2 is 1.84 bits per heavy atom.